The van der Waals surface area contributed by atoms with Crippen molar-refractivity contribution in [3.8, 4) is 0 Å². The van der Waals surface area contributed by atoms with Gasteiger partial charge in [0.1, 0.15) is 0 Å². The number of nitrogens with zero attached hydrogens (tertiary/aromatic N) is 4. The van der Waals surface area contributed by atoms with Crippen molar-refractivity contribution < 1.29 is 4.79 Å². The number of aryl methyl sites for hydroxylation is 1. The van der Waals surface area contributed by atoms with E-state index in [-0.39, 0.29) is 11.9 Å². The molecule has 31 heavy (non-hydrogen) atoms. The molecule has 0 aliphatic carbocycles. The molecule has 0 radical (unpaired) electrons. The molecule has 1 amide bonds. The van der Waals surface area contributed by atoms with Gasteiger partial charge in [0, 0.05) is 30.9 Å². The van der Waals surface area contributed by atoms with Crippen LogP contribution >= 0.6 is 0 Å². The quantitative estimate of drug-likeness (QED) is 0.655. The van der Waals surface area contributed by atoms with Gasteiger partial charge in [-0.25, -0.2) is 0 Å². The van der Waals surface area contributed by atoms with Gasteiger partial charge in [0.2, 0.25) is 0 Å². The van der Waals surface area contributed by atoms with Gasteiger partial charge in [-0.1, -0.05) is 32.1 Å². The van der Waals surface area contributed by atoms with E-state index < -0.39 is 0 Å². The molecule has 0 N–H and O–H groups in total. The first kappa shape index (κ1) is 23.0. The smallest absolute Gasteiger partial charge is 0.251 e. The molecule has 2 aromatic rings. The summed E-state index contributed by atoms with van der Waals surface area (Å²) in [5.41, 5.74) is 4.28. The molecule has 5 heteroatoms. The molecule has 0 saturated carbocycles. The van der Waals surface area contributed by atoms with Crippen LogP contribution in [0.2, 0.25) is 0 Å². The van der Waals surface area contributed by atoms with E-state index in [0.717, 1.165) is 48.0 Å². The number of amides is 1. The average molecular weight is 421 g/mol. The third kappa shape index (κ3) is 5.34. The molecule has 1 aromatic heterocycles. The highest BCUT2D eigenvalue weighted by Gasteiger charge is 2.24. The van der Waals surface area contributed by atoms with Gasteiger partial charge in [-0.3, -0.25) is 9.48 Å². The van der Waals surface area contributed by atoms with E-state index in [0.29, 0.717) is 5.92 Å². The van der Waals surface area contributed by atoms with Gasteiger partial charge in [0.25, 0.3) is 5.91 Å². The van der Waals surface area contributed by atoms with Crippen LogP contribution in [0.1, 0.15) is 46.1 Å². The van der Waals surface area contributed by atoms with Gasteiger partial charge in [-0.05, 0) is 81.6 Å². The number of hydrogen-bond acceptors (Lipinski definition) is 3. The maximum atomic E-state index is 13.1. The van der Waals surface area contributed by atoms with Crippen molar-refractivity contribution in [2.75, 3.05) is 20.1 Å². The largest absolute Gasteiger partial charge is 0.309 e. The molecule has 4 rings (SSSR count). The molecule has 1 saturated heterocycles. The summed E-state index contributed by atoms with van der Waals surface area (Å²) in [4.78, 5) is 17.3. The Morgan fingerprint density at radius 3 is 2.58 bits per heavy atom. The van der Waals surface area contributed by atoms with Crippen molar-refractivity contribution in [1.29, 1.82) is 0 Å². The van der Waals surface area contributed by atoms with Crippen molar-refractivity contribution in [2.24, 2.45) is 13.0 Å². The number of allylic oxidation sites excluding steroid dienone is 3. The van der Waals surface area contributed by atoms with E-state index in [2.05, 4.69) is 48.4 Å². The normalized spacial score (nSPS) is 20.5. The predicted molar refractivity (Wildman–Crippen MR) is 129 cm³/mol. The van der Waals surface area contributed by atoms with Crippen LogP contribution < -0.4 is 0 Å². The predicted octanol–water partition coefficient (Wildman–Crippen LogP) is 5.02. The zero-order chi connectivity index (χ0) is 22.5. The molecule has 1 aromatic carbocycles. The number of piperidine rings is 1. The van der Waals surface area contributed by atoms with Crippen LogP contribution in [0.3, 0.4) is 0 Å². The molecule has 2 aliphatic rings. The minimum absolute atomic E-state index is 0.0380. The number of carbonyl (C=O) groups is 1. The molecule has 2 aliphatic heterocycles. The number of aromatic nitrogens is 2. The second-order valence-corrected chi connectivity index (χ2v) is 8.46. The maximum absolute atomic E-state index is 13.1. The summed E-state index contributed by atoms with van der Waals surface area (Å²) in [5.74, 6) is 0.583. The van der Waals surface area contributed by atoms with Gasteiger partial charge in [-0.15, -0.1) is 0 Å². The summed E-state index contributed by atoms with van der Waals surface area (Å²) >= 11 is 0. The highest BCUT2D eigenvalue weighted by molar-refractivity contribution is 5.97. The topological polar surface area (TPSA) is 41.4 Å². The van der Waals surface area contributed by atoms with E-state index in [1.54, 1.807) is 6.08 Å². The van der Waals surface area contributed by atoms with Gasteiger partial charge >= 0.3 is 0 Å². The first-order valence-electron chi connectivity index (χ1n) is 11.4. The molecule has 1 fully saturated rings. The van der Waals surface area contributed by atoms with Crippen molar-refractivity contribution >= 4 is 22.4 Å². The summed E-state index contributed by atoms with van der Waals surface area (Å²) in [6, 6.07) is 6.22. The first-order chi connectivity index (χ1) is 14.9. The lowest BCUT2D eigenvalue weighted by molar-refractivity contribution is -0.124. The Morgan fingerprint density at radius 1 is 1.16 bits per heavy atom. The molecule has 1 unspecified atom stereocenters. The van der Waals surface area contributed by atoms with Crippen LogP contribution in [-0.2, 0) is 11.8 Å². The van der Waals surface area contributed by atoms with Crippen LogP contribution in [-0.4, -0.2) is 51.7 Å². The Bertz CT molecular complexity index is 1010. The third-order valence-corrected chi connectivity index (χ3v) is 6.15. The SMILES string of the molecule is C/C(=C\C(=O)N1C=C(C2CCN(C)CC2)C=CC1C)c1ccc2nn(C)cc2c1.CC. The fraction of sp³-hybridized carbons (Fsp3) is 0.462. The van der Waals surface area contributed by atoms with E-state index in [1.165, 1.54) is 5.57 Å². The minimum atomic E-state index is 0.0380. The Balaban J connectivity index is 0.00000132. The second-order valence-electron chi connectivity index (χ2n) is 8.46. The van der Waals surface area contributed by atoms with Crippen LogP contribution in [0.25, 0.3) is 16.5 Å². The lowest BCUT2D eigenvalue weighted by Gasteiger charge is -2.33. The monoisotopic (exact) mass is 420 g/mol. The average Bonchev–Trinajstić information content (AvgIpc) is 3.15. The Hall–Kier alpha value is -2.66. The third-order valence-electron chi connectivity index (χ3n) is 6.15. The van der Waals surface area contributed by atoms with Crippen LogP contribution in [0.15, 0.2) is 54.4 Å². The summed E-state index contributed by atoms with van der Waals surface area (Å²) < 4.78 is 1.82. The Kier molecular flexibility index (Phi) is 7.50. The second kappa shape index (κ2) is 10.1. The molecule has 166 valence electrons. The standard InChI is InChI=1S/C24H30N4O.C2H6/c1-17(20-7-8-23-22(14-20)15-27(4)25-23)13-24(29)28-16-21(6-5-18(28)2)19-9-11-26(3)12-10-19;1-2/h5-8,13-16,18-19H,9-12H2,1-4H3;1-2H3/b17-13+;. The lowest BCUT2D eigenvalue weighted by atomic mass is 9.88. The molecule has 0 bridgehead atoms. The number of carbonyl (C=O) groups excluding carboxylic acids is 1. The first-order valence-corrected chi connectivity index (χ1v) is 11.4. The van der Waals surface area contributed by atoms with Crippen molar-refractivity contribution in [3.63, 3.8) is 0 Å². The highest BCUT2D eigenvalue weighted by Crippen LogP contribution is 2.29. The van der Waals surface area contributed by atoms with Crippen molar-refractivity contribution in [1.82, 2.24) is 19.6 Å². The number of fused-ring (bicyclic) bond motifs is 1. The molecule has 1 atom stereocenters. The zero-order valence-electron chi connectivity index (χ0n) is 19.8. The summed E-state index contributed by atoms with van der Waals surface area (Å²) in [6.07, 6.45) is 12.5. The van der Waals surface area contributed by atoms with Crippen molar-refractivity contribution in [2.45, 2.75) is 46.6 Å². The van der Waals surface area contributed by atoms with E-state index in [9.17, 15) is 4.79 Å². The van der Waals surface area contributed by atoms with Gasteiger partial charge < -0.3 is 9.80 Å². The number of benzene rings is 1. The minimum Gasteiger partial charge on any atom is -0.309 e. The van der Waals surface area contributed by atoms with Crippen LogP contribution in [0, 0.1) is 5.92 Å². The van der Waals surface area contributed by atoms with Crippen molar-refractivity contribution in [3.05, 3.63) is 60.0 Å². The summed E-state index contributed by atoms with van der Waals surface area (Å²) in [5, 5.41) is 5.51. The molecule has 3 heterocycles. The number of rotatable bonds is 3. The van der Waals surface area contributed by atoms with E-state index in [1.807, 2.05) is 55.7 Å². The fourth-order valence-electron chi connectivity index (χ4n) is 4.25. The van der Waals surface area contributed by atoms with E-state index in [4.69, 9.17) is 0 Å². The molecular weight excluding hydrogens is 384 g/mol. The Morgan fingerprint density at radius 2 is 1.87 bits per heavy atom. The Labute approximate surface area is 186 Å². The summed E-state index contributed by atoms with van der Waals surface area (Å²) in [7, 11) is 4.10. The van der Waals surface area contributed by atoms with Crippen LogP contribution in [0.4, 0.5) is 0 Å². The maximum Gasteiger partial charge on any atom is 0.251 e. The lowest BCUT2D eigenvalue weighted by Crippen LogP contribution is -2.36. The number of hydrogen-bond donors (Lipinski definition) is 0. The highest BCUT2D eigenvalue weighted by atomic mass is 16.2. The van der Waals surface area contributed by atoms with Gasteiger partial charge in [-0.2, -0.15) is 5.10 Å². The molecule has 0 spiro atoms. The van der Waals surface area contributed by atoms with Gasteiger partial charge in [0.15, 0.2) is 0 Å². The van der Waals surface area contributed by atoms with Gasteiger partial charge in [0.05, 0.1) is 11.6 Å². The number of likely N-dealkylation sites (tertiary alicyclic amines) is 1. The van der Waals surface area contributed by atoms with E-state index >= 15 is 0 Å². The molecular formula is C26H36N4O. The fourth-order valence-corrected chi connectivity index (χ4v) is 4.25. The van der Waals surface area contributed by atoms with Crippen LogP contribution in [0.5, 0.6) is 0 Å². The molecule has 5 nitrogen and oxygen atoms in total. The zero-order valence-corrected chi connectivity index (χ0v) is 19.8. The summed E-state index contributed by atoms with van der Waals surface area (Å²) in [6.45, 7) is 10.3.